The molecule has 1 aliphatic carbocycles. The maximum atomic E-state index is 6.06. The van der Waals surface area contributed by atoms with Crippen molar-refractivity contribution < 1.29 is 4.42 Å². The molecule has 0 amide bonds. The third-order valence-corrected chi connectivity index (χ3v) is 3.47. The molecular weight excluding hydrogens is 174 g/mol. The lowest BCUT2D eigenvalue weighted by Gasteiger charge is -2.39. The van der Waals surface area contributed by atoms with Gasteiger partial charge in [-0.15, -0.1) is 0 Å². The minimum Gasteiger partial charge on any atom is -0.469 e. The Balaban J connectivity index is 2.44. The van der Waals surface area contributed by atoms with Crippen molar-refractivity contribution in [2.75, 3.05) is 0 Å². The second-order valence-corrected chi connectivity index (χ2v) is 5.14. The van der Waals surface area contributed by atoms with Gasteiger partial charge in [0.1, 0.15) is 5.76 Å². The van der Waals surface area contributed by atoms with Gasteiger partial charge in [0.25, 0.3) is 0 Å². The number of rotatable bonds is 1. The van der Waals surface area contributed by atoms with Crippen LogP contribution in [0.3, 0.4) is 0 Å². The molecule has 0 saturated carbocycles. The van der Waals surface area contributed by atoms with Crippen LogP contribution in [0, 0.1) is 5.41 Å². The fourth-order valence-electron chi connectivity index (χ4n) is 2.74. The third-order valence-electron chi connectivity index (χ3n) is 3.47. The lowest BCUT2D eigenvalue weighted by atomic mass is 9.66. The number of aryl methyl sites for hydroxylation is 1. The molecule has 2 N–H and O–H groups in total. The van der Waals surface area contributed by atoms with Gasteiger partial charge in [-0.05, 0) is 36.8 Å². The highest BCUT2D eigenvalue weighted by Gasteiger charge is 2.40. The highest BCUT2D eigenvalue weighted by molar-refractivity contribution is 5.27. The average Bonchev–Trinajstić information content (AvgIpc) is 2.48. The highest BCUT2D eigenvalue weighted by Crippen LogP contribution is 2.46. The molecule has 2 unspecified atom stereocenters. The predicted octanol–water partition coefficient (Wildman–Crippen LogP) is 2.68. The minimum absolute atomic E-state index is 0.162. The van der Waals surface area contributed by atoms with E-state index in [1.54, 1.807) is 6.26 Å². The topological polar surface area (TPSA) is 39.2 Å². The maximum Gasteiger partial charge on any atom is 0.112 e. The first-order valence-corrected chi connectivity index (χ1v) is 5.34. The molecular formula is C12H19NO. The minimum atomic E-state index is 0.162. The largest absolute Gasteiger partial charge is 0.469 e. The zero-order valence-electron chi connectivity index (χ0n) is 9.21. The molecule has 0 bridgehead atoms. The molecule has 1 aliphatic rings. The van der Waals surface area contributed by atoms with Crippen LogP contribution in [0.4, 0.5) is 0 Å². The molecule has 0 radical (unpaired) electrons. The van der Waals surface area contributed by atoms with Crippen molar-refractivity contribution in [3.05, 3.63) is 23.7 Å². The fourth-order valence-corrected chi connectivity index (χ4v) is 2.74. The summed E-state index contributed by atoms with van der Waals surface area (Å²) in [5.74, 6) is 1.48. The first-order valence-electron chi connectivity index (χ1n) is 5.34. The molecule has 1 aromatic rings. The average molecular weight is 193 g/mol. The maximum absolute atomic E-state index is 6.06. The van der Waals surface area contributed by atoms with Crippen molar-refractivity contribution >= 4 is 0 Å². The summed E-state index contributed by atoms with van der Waals surface area (Å²) in [4.78, 5) is 0. The van der Waals surface area contributed by atoms with Crippen LogP contribution in [-0.2, 0) is 6.42 Å². The molecule has 2 rings (SSSR count). The third kappa shape index (κ3) is 1.38. The fraction of sp³-hybridized carbons (Fsp3) is 0.667. The Morgan fingerprint density at radius 1 is 1.57 bits per heavy atom. The Kier molecular flexibility index (Phi) is 2.18. The second-order valence-electron chi connectivity index (χ2n) is 5.14. The van der Waals surface area contributed by atoms with Crippen molar-refractivity contribution in [3.8, 4) is 0 Å². The van der Waals surface area contributed by atoms with Crippen molar-refractivity contribution in [2.45, 2.75) is 45.6 Å². The van der Waals surface area contributed by atoms with Gasteiger partial charge < -0.3 is 10.2 Å². The summed E-state index contributed by atoms with van der Waals surface area (Å²) < 4.78 is 5.59. The molecule has 0 aromatic carbocycles. The van der Waals surface area contributed by atoms with Crippen molar-refractivity contribution in [1.29, 1.82) is 0 Å². The Morgan fingerprint density at radius 2 is 2.29 bits per heavy atom. The number of nitrogens with two attached hydrogens (primary N) is 1. The smallest absolute Gasteiger partial charge is 0.112 e. The zero-order chi connectivity index (χ0) is 10.3. The van der Waals surface area contributed by atoms with E-state index in [9.17, 15) is 0 Å². The molecule has 2 nitrogen and oxygen atoms in total. The van der Waals surface area contributed by atoms with Crippen LogP contribution in [0.25, 0.3) is 0 Å². The number of furan rings is 1. The Hall–Kier alpha value is -0.760. The van der Waals surface area contributed by atoms with Gasteiger partial charge in [-0.3, -0.25) is 0 Å². The van der Waals surface area contributed by atoms with Crippen LogP contribution >= 0.6 is 0 Å². The standard InChI is InChI=1S/C12H19NO/c1-8(13)10-11-9(5-7-14-11)4-6-12(10,2)3/h5,7-8,10H,4,6,13H2,1-3H3. The van der Waals surface area contributed by atoms with E-state index >= 15 is 0 Å². The Labute approximate surface area is 85.5 Å². The quantitative estimate of drug-likeness (QED) is 0.744. The van der Waals surface area contributed by atoms with E-state index in [-0.39, 0.29) is 11.5 Å². The van der Waals surface area contributed by atoms with E-state index in [0.717, 1.165) is 12.2 Å². The van der Waals surface area contributed by atoms with Gasteiger partial charge in [-0.2, -0.15) is 0 Å². The van der Waals surface area contributed by atoms with Crippen LogP contribution in [0.5, 0.6) is 0 Å². The van der Waals surface area contributed by atoms with Crippen molar-refractivity contribution in [1.82, 2.24) is 0 Å². The monoisotopic (exact) mass is 193 g/mol. The normalized spacial score (nSPS) is 27.0. The molecule has 0 saturated heterocycles. The Morgan fingerprint density at radius 3 is 2.93 bits per heavy atom. The Bertz CT molecular complexity index is 325. The first-order chi connectivity index (χ1) is 6.52. The van der Waals surface area contributed by atoms with Crippen LogP contribution in [0.15, 0.2) is 16.7 Å². The van der Waals surface area contributed by atoms with Crippen LogP contribution < -0.4 is 5.73 Å². The van der Waals surface area contributed by atoms with Gasteiger partial charge in [-0.25, -0.2) is 0 Å². The molecule has 0 fully saturated rings. The van der Waals surface area contributed by atoms with E-state index in [2.05, 4.69) is 26.8 Å². The van der Waals surface area contributed by atoms with Gasteiger partial charge in [0, 0.05) is 12.0 Å². The summed E-state index contributed by atoms with van der Waals surface area (Å²) in [6.07, 6.45) is 4.12. The lowest BCUT2D eigenvalue weighted by Crippen LogP contribution is -2.38. The SMILES string of the molecule is CC(N)C1c2occc2CCC1(C)C. The highest BCUT2D eigenvalue weighted by atomic mass is 16.3. The number of hydrogen-bond donors (Lipinski definition) is 1. The first kappa shape index (κ1) is 9.78. The summed E-state index contributed by atoms with van der Waals surface area (Å²) in [6, 6.07) is 2.25. The van der Waals surface area contributed by atoms with E-state index < -0.39 is 0 Å². The summed E-state index contributed by atoms with van der Waals surface area (Å²) >= 11 is 0. The lowest BCUT2D eigenvalue weighted by molar-refractivity contribution is 0.193. The number of hydrogen-bond acceptors (Lipinski definition) is 2. The molecule has 1 aromatic heterocycles. The molecule has 78 valence electrons. The van der Waals surface area contributed by atoms with Gasteiger partial charge in [0.15, 0.2) is 0 Å². The van der Waals surface area contributed by atoms with Gasteiger partial charge in [0.2, 0.25) is 0 Å². The molecule has 1 heterocycles. The molecule has 14 heavy (non-hydrogen) atoms. The van der Waals surface area contributed by atoms with Crippen LogP contribution in [0.2, 0.25) is 0 Å². The zero-order valence-corrected chi connectivity index (χ0v) is 9.21. The van der Waals surface area contributed by atoms with Crippen molar-refractivity contribution in [3.63, 3.8) is 0 Å². The molecule has 0 spiro atoms. The summed E-state index contributed by atoms with van der Waals surface area (Å²) in [7, 11) is 0. The van der Waals surface area contributed by atoms with Gasteiger partial charge in [-0.1, -0.05) is 13.8 Å². The van der Waals surface area contributed by atoms with Gasteiger partial charge >= 0.3 is 0 Å². The number of fused-ring (bicyclic) bond motifs is 1. The summed E-state index contributed by atoms with van der Waals surface area (Å²) in [5, 5.41) is 0. The van der Waals surface area contributed by atoms with E-state index in [0.29, 0.717) is 5.92 Å². The van der Waals surface area contributed by atoms with E-state index in [1.807, 2.05) is 0 Å². The van der Waals surface area contributed by atoms with E-state index in [4.69, 9.17) is 10.2 Å². The van der Waals surface area contributed by atoms with Gasteiger partial charge in [0.05, 0.1) is 6.26 Å². The van der Waals surface area contributed by atoms with E-state index in [1.165, 1.54) is 12.0 Å². The molecule has 2 heteroatoms. The summed E-state index contributed by atoms with van der Waals surface area (Å²) in [6.45, 7) is 6.64. The van der Waals surface area contributed by atoms with Crippen LogP contribution in [-0.4, -0.2) is 6.04 Å². The van der Waals surface area contributed by atoms with Crippen molar-refractivity contribution in [2.24, 2.45) is 11.1 Å². The second kappa shape index (κ2) is 3.13. The van der Waals surface area contributed by atoms with Crippen LogP contribution in [0.1, 0.15) is 44.4 Å². The summed E-state index contributed by atoms with van der Waals surface area (Å²) in [5.41, 5.74) is 7.67. The predicted molar refractivity (Wildman–Crippen MR) is 57.2 cm³/mol. The molecule has 2 atom stereocenters. The molecule has 0 aliphatic heterocycles.